The molecule has 0 atom stereocenters. The standard InChI is InChI=1S/C8H11BO2S2/c1-12-10-9(11-13-2)8-6-4-3-5-7-8/h3-7H,1-2H3. The average Bonchev–Trinajstić information content (AvgIpc) is 2.19. The van der Waals surface area contributed by atoms with Gasteiger partial charge in [-0.1, -0.05) is 30.3 Å². The lowest BCUT2D eigenvalue weighted by Gasteiger charge is -2.09. The molecule has 0 N–H and O–H groups in total. The highest BCUT2D eigenvalue weighted by atomic mass is 32.2. The van der Waals surface area contributed by atoms with Crippen molar-refractivity contribution in [3.63, 3.8) is 0 Å². The molecule has 70 valence electrons. The minimum Gasteiger partial charge on any atom is -0.338 e. The van der Waals surface area contributed by atoms with E-state index in [1.165, 1.54) is 24.1 Å². The molecular formula is C8H11BO2S2. The van der Waals surface area contributed by atoms with Gasteiger partial charge in [-0.05, 0) is 29.5 Å². The lowest BCUT2D eigenvalue weighted by Crippen LogP contribution is -2.32. The first kappa shape index (κ1) is 11.0. The van der Waals surface area contributed by atoms with Gasteiger partial charge >= 0.3 is 7.12 Å². The van der Waals surface area contributed by atoms with Crippen LogP contribution in [0.25, 0.3) is 0 Å². The fourth-order valence-corrected chi connectivity index (χ4v) is 1.61. The van der Waals surface area contributed by atoms with E-state index < -0.39 is 0 Å². The van der Waals surface area contributed by atoms with Gasteiger partial charge in [-0.3, -0.25) is 0 Å². The van der Waals surface area contributed by atoms with Crippen LogP contribution in [0.3, 0.4) is 0 Å². The molecule has 13 heavy (non-hydrogen) atoms. The van der Waals surface area contributed by atoms with Crippen LogP contribution in [0.4, 0.5) is 0 Å². The summed E-state index contributed by atoms with van der Waals surface area (Å²) in [5, 5.41) is 0. The van der Waals surface area contributed by atoms with Crippen LogP contribution in [0, 0.1) is 0 Å². The fraction of sp³-hybridized carbons (Fsp3) is 0.250. The molecule has 0 aromatic heterocycles. The molecule has 1 aromatic rings. The summed E-state index contributed by atoms with van der Waals surface area (Å²) in [6, 6.07) is 9.87. The zero-order valence-corrected chi connectivity index (χ0v) is 9.23. The number of hydrogen-bond acceptors (Lipinski definition) is 4. The van der Waals surface area contributed by atoms with Gasteiger partial charge in [0.1, 0.15) is 0 Å². The van der Waals surface area contributed by atoms with E-state index in [1.807, 2.05) is 42.8 Å². The van der Waals surface area contributed by atoms with Crippen LogP contribution in [0.15, 0.2) is 30.3 Å². The minimum absolute atomic E-state index is 0.286. The highest BCUT2D eigenvalue weighted by molar-refractivity contribution is 7.96. The summed E-state index contributed by atoms with van der Waals surface area (Å²) in [7, 11) is -0.286. The monoisotopic (exact) mass is 214 g/mol. The zero-order chi connectivity index (χ0) is 9.52. The average molecular weight is 214 g/mol. The van der Waals surface area contributed by atoms with Gasteiger partial charge in [0.25, 0.3) is 0 Å². The Hall–Kier alpha value is -0.0951. The van der Waals surface area contributed by atoms with Crippen molar-refractivity contribution in [2.75, 3.05) is 12.5 Å². The Morgan fingerprint density at radius 2 is 1.54 bits per heavy atom. The van der Waals surface area contributed by atoms with Crippen LogP contribution >= 0.6 is 24.1 Å². The van der Waals surface area contributed by atoms with E-state index in [4.69, 9.17) is 8.20 Å². The lowest BCUT2D eigenvalue weighted by molar-refractivity contribution is 0.526. The van der Waals surface area contributed by atoms with E-state index in [-0.39, 0.29) is 7.12 Å². The van der Waals surface area contributed by atoms with Crippen LogP contribution in [0.2, 0.25) is 0 Å². The predicted molar refractivity (Wildman–Crippen MR) is 61.0 cm³/mol. The Morgan fingerprint density at radius 1 is 1.00 bits per heavy atom. The molecule has 5 heteroatoms. The Morgan fingerprint density at radius 3 is 2.00 bits per heavy atom. The molecule has 1 aromatic carbocycles. The summed E-state index contributed by atoms with van der Waals surface area (Å²) in [5.41, 5.74) is 1.03. The topological polar surface area (TPSA) is 18.5 Å². The Bertz CT molecular complexity index is 227. The molecule has 0 aliphatic carbocycles. The highest BCUT2D eigenvalue weighted by Crippen LogP contribution is 2.07. The molecule has 0 heterocycles. The van der Waals surface area contributed by atoms with Crippen LogP contribution in [0.5, 0.6) is 0 Å². The van der Waals surface area contributed by atoms with Crippen molar-refractivity contribution in [1.82, 2.24) is 0 Å². The summed E-state index contributed by atoms with van der Waals surface area (Å²) in [5.74, 6) is 0. The van der Waals surface area contributed by atoms with Crippen molar-refractivity contribution in [2.45, 2.75) is 0 Å². The van der Waals surface area contributed by atoms with Gasteiger partial charge in [-0.15, -0.1) is 0 Å². The van der Waals surface area contributed by atoms with E-state index >= 15 is 0 Å². The predicted octanol–water partition coefficient (Wildman–Crippen LogP) is 1.97. The SMILES string of the molecule is CSOB(OSC)c1ccccc1. The normalized spacial score (nSPS) is 10.0. The quantitative estimate of drug-likeness (QED) is 0.550. The Kier molecular flexibility index (Phi) is 5.38. The second-order valence-electron chi connectivity index (χ2n) is 2.27. The molecule has 2 nitrogen and oxygen atoms in total. The Balaban J connectivity index is 2.64. The maximum absolute atomic E-state index is 5.34. The summed E-state index contributed by atoms with van der Waals surface area (Å²) in [6.45, 7) is 0. The van der Waals surface area contributed by atoms with E-state index in [0.29, 0.717) is 0 Å². The van der Waals surface area contributed by atoms with E-state index in [1.54, 1.807) is 0 Å². The molecule has 1 rings (SSSR count). The molecule has 0 fully saturated rings. The van der Waals surface area contributed by atoms with Gasteiger partial charge in [-0.2, -0.15) is 0 Å². The fourth-order valence-electron chi connectivity index (χ4n) is 0.912. The van der Waals surface area contributed by atoms with E-state index in [0.717, 1.165) is 5.46 Å². The summed E-state index contributed by atoms with van der Waals surface area (Å²) >= 11 is 2.61. The molecule has 0 aliphatic heterocycles. The van der Waals surface area contributed by atoms with Crippen molar-refractivity contribution in [3.8, 4) is 0 Å². The summed E-state index contributed by atoms with van der Waals surface area (Å²) < 4.78 is 10.7. The number of rotatable bonds is 5. The molecule has 0 aliphatic rings. The molecule has 0 unspecified atom stereocenters. The van der Waals surface area contributed by atoms with Crippen LogP contribution in [0.1, 0.15) is 0 Å². The first-order chi connectivity index (χ1) is 6.38. The largest absolute Gasteiger partial charge is 0.516 e. The van der Waals surface area contributed by atoms with Crippen molar-refractivity contribution in [1.29, 1.82) is 0 Å². The number of benzene rings is 1. The van der Waals surface area contributed by atoms with Crippen LogP contribution in [-0.4, -0.2) is 19.6 Å². The first-order valence-corrected chi connectivity index (χ1v) is 6.12. The van der Waals surface area contributed by atoms with Gasteiger partial charge in [0, 0.05) is 12.5 Å². The van der Waals surface area contributed by atoms with E-state index in [9.17, 15) is 0 Å². The second-order valence-corrected chi connectivity index (χ2v) is 3.32. The first-order valence-electron chi connectivity index (χ1n) is 3.82. The summed E-state index contributed by atoms with van der Waals surface area (Å²) in [6.07, 6.45) is 3.75. The number of hydrogen-bond donors (Lipinski definition) is 0. The van der Waals surface area contributed by atoms with Crippen LogP contribution < -0.4 is 5.46 Å². The van der Waals surface area contributed by atoms with Gasteiger partial charge in [0.05, 0.1) is 0 Å². The van der Waals surface area contributed by atoms with Crippen LogP contribution in [-0.2, 0) is 8.20 Å². The van der Waals surface area contributed by atoms with Gasteiger partial charge in [0.2, 0.25) is 0 Å². The van der Waals surface area contributed by atoms with Crippen molar-refractivity contribution in [2.24, 2.45) is 0 Å². The van der Waals surface area contributed by atoms with Crippen molar-refractivity contribution < 1.29 is 8.20 Å². The summed E-state index contributed by atoms with van der Waals surface area (Å²) in [4.78, 5) is 0. The maximum atomic E-state index is 5.34. The third kappa shape index (κ3) is 3.64. The smallest absolute Gasteiger partial charge is 0.338 e. The molecular weight excluding hydrogens is 203 g/mol. The third-order valence-corrected chi connectivity index (χ3v) is 2.17. The molecule has 0 spiro atoms. The minimum atomic E-state index is -0.286. The van der Waals surface area contributed by atoms with Crippen molar-refractivity contribution in [3.05, 3.63) is 30.3 Å². The molecule has 0 amide bonds. The highest BCUT2D eigenvalue weighted by Gasteiger charge is 2.20. The lowest BCUT2D eigenvalue weighted by atomic mass is 9.80. The Labute approximate surface area is 87.9 Å². The molecule has 0 bridgehead atoms. The molecule has 0 saturated heterocycles. The van der Waals surface area contributed by atoms with Gasteiger partial charge in [-0.25, -0.2) is 0 Å². The second kappa shape index (κ2) is 6.37. The van der Waals surface area contributed by atoms with Gasteiger partial charge in [0.15, 0.2) is 0 Å². The third-order valence-electron chi connectivity index (χ3n) is 1.44. The molecule has 0 saturated carbocycles. The zero-order valence-electron chi connectivity index (χ0n) is 7.60. The van der Waals surface area contributed by atoms with Gasteiger partial charge < -0.3 is 8.20 Å². The van der Waals surface area contributed by atoms with Crippen molar-refractivity contribution >= 4 is 36.7 Å². The molecule has 0 radical (unpaired) electrons. The maximum Gasteiger partial charge on any atom is 0.516 e. The van der Waals surface area contributed by atoms with E-state index in [2.05, 4.69) is 0 Å².